The minimum Gasteiger partial charge on any atom is -0.399 e. The van der Waals surface area contributed by atoms with Crippen LogP contribution in [0.1, 0.15) is 24.0 Å². The minimum atomic E-state index is 0. The molecule has 1 aromatic rings. The molecule has 1 spiro atoms. The van der Waals surface area contributed by atoms with Gasteiger partial charge in [0, 0.05) is 24.2 Å². The van der Waals surface area contributed by atoms with Crippen molar-refractivity contribution in [1.29, 1.82) is 0 Å². The van der Waals surface area contributed by atoms with E-state index in [-0.39, 0.29) is 24.8 Å². The normalized spacial score (nSPS) is 20.6. The Morgan fingerprint density at radius 3 is 2.56 bits per heavy atom. The van der Waals surface area contributed by atoms with Crippen molar-refractivity contribution in [3.05, 3.63) is 29.3 Å². The van der Waals surface area contributed by atoms with E-state index < -0.39 is 0 Å². The molecule has 1 fully saturated rings. The third-order valence-corrected chi connectivity index (χ3v) is 3.57. The van der Waals surface area contributed by atoms with E-state index in [9.17, 15) is 0 Å². The lowest BCUT2D eigenvalue weighted by atomic mass is 9.87. The molecule has 0 unspecified atom stereocenters. The van der Waals surface area contributed by atoms with Crippen molar-refractivity contribution in [1.82, 2.24) is 4.90 Å². The third-order valence-electron chi connectivity index (χ3n) is 3.57. The van der Waals surface area contributed by atoms with E-state index in [0.29, 0.717) is 5.41 Å². The highest BCUT2D eigenvalue weighted by atomic mass is 35.5. The first-order valence-corrected chi connectivity index (χ1v) is 5.27. The zero-order chi connectivity index (χ0) is 9.76. The lowest BCUT2D eigenvalue weighted by molar-refractivity contribution is 0.271. The van der Waals surface area contributed by atoms with Crippen LogP contribution in [0.5, 0.6) is 0 Å². The summed E-state index contributed by atoms with van der Waals surface area (Å²) in [5.74, 6) is 0. The van der Waals surface area contributed by atoms with E-state index >= 15 is 0 Å². The fraction of sp³-hybridized carbons (Fsp3) is 0.500. The maximum Gasteiger partial charge on any atom is 0.0317 e. The predicted octanol–water partition coefficient (Wildman–Crippen LogP) is 2.59. The standard InChI is InChI=1S/C12H16N2.2ClH/c1-14-7-9-6-10(13)2-3-11(9)12(8-14)4-5-12;;/h2-3,6H,4-5,7-8,13H2,1H3;2*1H. The average molecular weight is 261 g/mol. The molecule has 0 aromatic heterocycles. The summed E-state index contributed by atoms with van der Waals surface area (Å²) >= 11 is 0. The van der Waals surface area contributed by atoms with Crippen LogP contribution >= 0.6 is 24.8 Å². The summed E-state index contributed by atoms with van der Waals surface area (Å²) in [7, 11) is 2.20. The van der Waals surface area contributed by atoms with Crippen molar-refractivity contribution >= 4 is 30.5 Å². The molecule has 1 saturated carbocycles. The van der Waals surface area contributed by atoms with E-state index in [4.69, 9.17) is 5.73 Å². The second-order valence-corrected chi connectivity index (χ2v) is 4.87. The summed E-state index contributed by atoms with van der Waals surface area (Å²) in [5.41, 5.74) is 10.2. The first-order valence-electron chi connectivity index (χ1n) is 5.27. The van der Waals surface area contributed by atoms with Crippen LogP contribution in [0.25, 0.3) is 0 Å². The number of anilines is 1. The summed E-state index contributed by atoms with van der Waals surface area (Å²) in [5, 5.41) is 0. The third kappa shape index (κ3) is 2.02. The van der Waals surface area contributed by atoms with Gasteiger partial charge in [0.2, 0.25) is 0 Å². The fourth-order valence-corrected chi connectivity index (χ4v) is 2.79. The molecule has 0 atom stereocenters. The lowest BCUT2D eigenvalue weighted by Gasteiger charge is -2.32. The summed E-state index contributed by atoms with van der Waals surface area (Å²) in [6.45, 7) is 2.28. The molecular formula is C12H18Cl2N2. The molecule has 16 heavy (non-hydrogen) atoms. The Morgan fingerprint density at radius 2 is 1.94 bits per heavy atom. The second kappa shape index (κ2) is 4.44. The van der Waals surface area contributed by atoms with E-state index in [1.54, 1.807) is 5.56 Å². The fourth-order valence-electron chi connectivity index (χ4n) is 2.79. The van der Waals surface area contributed by atoms with Crippen LogP contribution in [0.4, 0.5) is 5.69 Å². The van der Waals surface area contributed by atoms with Crippen molar-refractivity contribution < 1.29 is 0 Å². The zero-order valence-electron chi connectivity index (χ0n) is 9.40. The number of benzene rings is 1. The van der Waals surface area contributed by atoms with Gasteiger partial charge in [0.25, 0.3) is 0 Å². The second-order valence-electron chi connectivity index (χ2n) is 4.87. The molecule has 0 radical (unpaired) electrons. The van der Waals surface area contributed by atoms with Crippen LogP contribution in [0.2, 0.25) is 0 Å². The summed E-state index contributed by atoms with van der Waals surface area (Å²) in [6.07, 6.45) is 2.71. The number of fused-ring (bicyclic) bond motifs is 2. The Bertz CT molecular complexity index is 389. The highest BCUT2D eigenvalue weighted by molar-refractivity contribution is 5.85. The van der Waals surface area contributed by atoms with Crippen LogP contribution in [0, 0.1) is 0 Å². The van der Waals surface area contributed by atoms with Gasteiger partial charge in [-0.15, -0.1) is 24.8 Å². The van der Waals surface area contributed by atoms with Crippen LogP contribution in [-0.2, 0) is 12.0 Å². The van der Waals surface area contributed by atoms with E-state index in [1.807, 2.05) is 6.07 Å². The number of halogens is 2. The van der Waals surface area contributed by atoms with Gasteiger partial charge >= 0.3 is 0 Å². The van der Waals surface area contributed by atoms with Gasteiger partial charge in [0.15, 0.2) is 0 Å². The van der Waals surface area contributed by atoms with Gasteiger partial charge in [-0.05, 0) is 43.1 Å². The summed E-state index contributed by atoms with van der Waals surface area (Å²) < 4.78 is 0. The Labute approximate surface area is 109 Å². The number of rotatable bonds is 0. The SMILES string of the molecule is CN1Cc2cc(N)ccc2C2(CC2)C1.Cl.Cl. The van der Waals surface area contributed by atoms with Crippen molar-refractivity contribution in [3.63, 3.8) is 0 Å². The summed E-state index contributed by atoms with van der Waals surface area (Å²) in [6, 6.07) is 6.43. The number of hydrogen-bond donors (Lipinski definition) is 1. The van der Waals surface area contributed by atoms with Gasteiger partial charge in [-0.2, -0.15) is 0 Å². The smallest absolute Gasteiger partial charge is 0.0317 e. The monoisotopic (exact) mass is 260 g/mol. The quantitative estimate of drug-likeness (QED) is 0.727. The van der Waals surface area contributed by atoms with Gasteiger partial charge in [0.1, 0.15) is 0 Å². The van der Waals surface area contributed by atoms with E-state index in [2.05, 4.69) is 24.1 Å². The molecule has 2 N–H and O–H groups in total. The highest BCUT2D eigenvalue weighted by Crippen LogP contribution is 2.52. The Balaban J connectivity index is 0.000000640. The zero-order valence-corrected chi connectivity index (χ0v) is 11.0. The Kier molecular flexibility index (Phi) is 3.78. The molecule has 1 heterocycles. The molecule has 1 aromatic carbocycles. The largest absolute Gasteiger partial charge is 0.399 e. The van der Waals surface area contributed by atoms with Gasteiger partial charge in [-0.3, -0.25) is 0 Å². The molecule has 0 saturated heterocycles. The molecule has 1 aliphatic heterocycles. The molecular weight excluding hydrogens is 243 g/mol. The van der Waals surface area contributed by atoms with Crippen LogP contribution in [0.15, 0.2) is 18.2 Å². The maximum atomic E-state index is 5.82. The number of likely N-dealkylation sites (N-methyl/N-ethyl adjacent to an activating group) is 1. The number of nitrogens with two attached hydrogens (primary N) is 1. The molecule has 0 amide bonds. The first-order chi connectivity index (χ1) is 6.70. The molecule has 3 rings (SSSR count). The van der Waals surface area contributed by atoms with Crippen LogP contribution < -0.4 is 5.73 Å². The Morgan fingerprint density at radius 1 is 1.25 bits per heavy atom. The first kappa shape index (κ1) is 13.6. The van der Waals surface area contributed by atoms with Crippen LogP contribution in [0.3, 0.4) is 0 Å². The number of nitrogens with zero attached hydrogens (tertiary/aromatic N) is 1. The lowest BCUT2D eigenvalue weighted by Crippen LogP contribution is -2.35. The minimum absolute atomic E-state index is 0. The molecule has 2 nitrogen and oxygen atoms in total. The van der Waals surface area contributed by atoms with Crippen molar-refractivity contribution in [2.24, 2.45) is 0 Å². The van der Waals surface area contributed by atoms with Gasteiger partial charge in [-0.25, -0.2) is 0 Å². The topological polar surface area (TPSA) is 29.3 Å². The highest BCUT2D eigenvalue weighted by Gasteiger charge is 2.48. The van der Waals surface area contributed by atoms with Gasteiger partial charge in [-0.1, -0.05) is 6.07 Å². The van der Waals surface area contributed by atoms with Crippen molar-refractivity contribution in [2.45, 2.75) is 24.8 Å². The number of hydrogen-bond acceptors (Lipinski definition) is 2. The van der Waals surface area contributed by atoms with Crippen molar-refractivity contribution in [3.8, 4) is 0 Å². The Hall–Kier alpha value is -0.440. The van der Waals surface area contributed by atoms with Gasteiger partial charge < -0.3 is 10.6 Å². The predicted molar refractivity (Wildman–Crippen MR) is 72.6 cm³/mol. The molecule has 0 bridgehead atoms. The molecule has 90 valence electrons. The number of nitrogen functional groups attached to an aromatic ring is 1. The molecule has 2 aliphatic rings. The summed E-state index contributed by atoms with van der Waals surface area (Å²) in [4.78, 5) is 2.41. The van der Waals surface area contributed by atoms with Crippen molar-refractivity contribution in [2.75, 3.05) is 19.3 Å². The van der Waals surface area contributed by atoms with E-state index in [1.165, 1.54) is 24.9 Å². The average Bonchev–Trinajstić information content (AvgIpc) is 2.84. The van der Waals surface area contributed by atoms with Crippen LogP contribution in [-0.4, -0.2) is 18.5 Å². The van der Waals surface area contributed by atoms with E-state index in [0.717, 1.165) is 12.2 Å². The molecule has 4 heteroatoms. The van der Waals surface area contributed by atoms with Gasteiger partial charge in [0.05, 0.1) is 0 Å². The molecule has 1 aliphatic carbocycles. The maximum absolute atomic E-state index is 5.82.